The zero-order valence-corrected chi connectivity index (χ0v) is 12.2. The van der Waals surface area contributed by atoms with Crippen LogP contribution in [0.2, 0.25) is 5.02 Å². The number of benzene rings is 1. The average Bonchev–Trinajstić information content (AvgIpc) is 2.75. The van der Waals surface area contributed by atoms with E-state index in [2.05, 4.69) is 21.0 Å². The molecule has 0 bridgehead atoms. The van der Waals surface area contributed by atoms with Crippen molar-refractivity contribution in [2.45, 2.75) is 12.8 Å². The summed E-state index contributed by atoms with van der Waals surface area (Å²) in [5.41, 5.74) is 1.71. The molecule has 0 amide bonds. The Balaban J connectivity index is 2.01. The highest BCUT2D eigenvalue weighted by molar-refractivity contribution is 9.10. The van der Waals surface area contributed by atoms with Crippen LogP contribution in [0.1, 0.15) is 22.3 Å². The van der Waals surface area contributed by atoms with Gasteiger partial charge in [-0.15, -0.1) is 0 Å². The van der Waals surface area contributed by atoms with Gasteiger partial charge in [0.15, 0.2) is 5.78 Å². The molecule has 18 heavy (non-hydrogen) atoms. The van der Waals surface area contributed by atoms with E-state index in [-0.39, 0.29) is 5.78 Å². The maximum Gasteiger partial charge on any atom is 0.163 e. The topological polar surface area (TPSA) is 34.9 Å². The molecule has 1 aromatic heterocycles. The molecule has 3 nitrogen and oxygen atoms in total. The third kappa shape index (κ3) is 3.21. The van der Waals surface area contributed by atoms with Gasteiger partial charge < -0.3 is 0 Å². The van der Waals surface area contributed by atoms with E-state index in [0.717, 1.165) is 10.0 Å². The number of ketones is 1. The van der Waals surface area contributed by atoms with Crippen LogP contribution in [-0.4, -0.2) is 15.6 Å². The van der Waals surface area contributed by atoms with Gasteiger partial charge in [-0.3, -0.25) is 9.48 Å². The van der Waals surface area contributed by atoms with Crippen LogP contribution in [0.5, 0.6) is 0 Å². The maximum atomic E-state index is 12.0. The summed E-state index contributed by atoms with van der Waals surface area (Å²) in [5.74, 6) is 0.0910. The van der Waals surface area contributed by atoms with Crippen LogP contribution in [0.25, 0.3) is 0 Å². The number of hydrogen-bond donors (Lipinski definition) is 0. The summed E-state index contributed by atoms with van der Waals surface area (Å²) < 4.78 is 2.53. The minimum Gasteiger partial charge on any atom is -0.294 e. The molecular formula is C13H12BrClN2O. The van der Waals surface area contributed by atoms with Crippen molar-refractivity contribution in [2.24, 2.45) is 7.05 Å². The summed E-state index contributed by atoms with van der Waals surface area (Å²) in [6.45, 7) is 0. The van der Waals surface area contributed by atoms with Gasteiger partial charge in [0, 0.05) is 29.7 Å². The summed E-state index contributed by atoms with van der Waals surface area (Å²) in [7, 11) is 1.86. The maximum absolute atomic E-state index is 12.0. The molecule has 5 heteroatoms. The fraction of sp³-hybridized carbons (Fsp3) is 0.231. The Morgan fingerprint density at radius 2 is 2.28 bits per heavy atom. The molecular weight excluding hydrogens is 316 g/mol. The van der Waals surface area contributed by atoms with E-state index in [1.54, 1.807) is 29.1 Å². The number of carbonyl (C=O) groups is 1. The fourth-order valence-corrected chi connectivity index (χ4v) is 2.10. The normalized spacial score (nSPS) is 10.6. The minimum absolute atomic E-state index is 0.0910. The number of aromatic nitrogens is 2. The molecule has 94 valence electrons. The van der Waals surface area contributed by atoms with Crippen LogP contribution < -0.4 is 0 Å². The number of rotatable bonds is 4. The SMILES string of the molecule is Cn1cc(CCC(=O)c2ccc(Br)c(Cl)c2)cn1. The van der Waals surface area contributed by atoms with Crippen LogP contribution in [0.15, 0.2) is 35.1 Å². The smallest absolute Gasteiger partial charge is 0.163 e. The van der Waals surface area contributed by atoms with Crippen molar-refractivity contribution in [2.75, 3.05) is 0 Å². The van der Waals surface area contributed by atoms with Gasteiger partial charge in [-0.1, -0.05) is 17.7 Å². The summed E-state index contributed by atoms with van der Waals surface area (Å²) in [5, 5.41) is 4.63. The van der Waals surface area contributed by atoms with Crippen molar-refractivity contribution in [1.29, 1.82) is 0 Å². The Morgan fingerprint density at radius 3 is 2.89 bits per heavy atom. The van der Waals surface area contributed by atoms with E-state index < -0.39 is 0 Å². The highest BCUT2D eigenvalue weighted by Crippen LogP contribution is 2.23. The van der Waals surface area contributed by atoms with Crippen molar-refractivity contribution < 1.29 is 4.79 Å². The highest BCUT2D eigenvalue weighted by atomic mass is 79.9. The van der Waals surface area contributed by atoms with Crippen molar-refractivity contribution >= 4 is 33.3 Å². The van der Waals surface area contributed by atoms with Gasteiger partial charge in [-0.25, -0.2) is 0 Å². The molecule has 0 aliphatic heterocycles. The Kier molecular flexibility index (Phi) is 4.19. The first kappa shape index (κ1) is 13.3. The van der Waals surface area contributed by atoms with E-state index in [1.807, 2.05) is 13.2 Å². The number of hydrogen-bond acceptors (Lipinski definition) is 2. The Labute approximate surface area is 119 Å². The Bertz CT molecular complexity index is 580. The van der Waals surface area contributed by atoms with Gasteiger partial charge in [0.1, 0.15) is 0 Å². The van der Waals surface area contributed by atoms with Crippen molar-refractivity contribution in [3.05, 3.63) is 51.2 Å². The first-order valence-electron chi connectivity index (χ1n) is 5.52. The second-order valence-corrected chi connectivity index (χ2v) is 5.34. The molecule has 0 spiro atoms. The predicted molar refractivity (Wildman–Crippen MR) is 75.0 cm³/mol. The van der Waals surface area contributed by atoms with Crippen LogP contribution in [-0.2, 0) is 13.5 Å². The molecule has 0 radical (unpaired) electrons. The van der Waals surface area contributed by atoms with Gasteiger partial charge in [-0.2, -0.15) is 5.10 Å². The van der Waals surface area contributed by atoms with Crippen molar-refractivity contribution in [3.63, 3.8) is 0 Å². The summed E-state index contributed by atoms with van der Waals surface area (Å²) in [6.07, 6.45) is 4.85. The van der Waals surface area contributed by atoms with Crippen LogP contribution in [0.3, 0.4) is 0 Å². The van der Waals surface area contributed by atoms with Gasteiger partial charge in [0.25, 0.3) is 0 Å². The van der Waals surface area contributed by atoms with Crippen LogP contribution in [0, 0.1) is 0 Å². The number of aryl methyl sites for hydroxylation is 2. The van der Waals surface area contributed by atoms with Crippen molar-refractivity contribution in [3.8, 4) is 0 Å². The number of nitrogens with zero attached hydrogens (tertiary/aromatic N) is 2. The van der Waals surface area contributed by atoms with Crippen molar-refractivity contribution in [1.82, 2.24) is 9.78 Å². The van der Waals surface area contributed by atoms with Gasteiger partial charge in [0.05, 0.1) is 11.2 Å². The molecule has 0 atom stereocenters. The highest BCUT2D eigenvalue weighted by Gasteiger charge is 2.08. The summed E-state index contributed by atoms with van der Waals surface area (Å²) in [6, 6.07) is 5.26. The molecule has 0 N–H and O–H groups in total. The largest absolute Gasteiger partial charge is 0.294 e. The lowest BCUT2D eigenvalue weighted by Gasteiger charge is -2.02. The molecule has 0 saturated carbocycles. The standard InChI is InChI=1S/C13H12BrClN2O/c1-17-8-9(7-16-17)2-5-13(18)10-3-4-11(14)12(15)6-10/h3-4,6-8H,2,5H2,1H3. The predicted octanol–water partition coefficient (Wildman–Crippen LogP) is 3.65. The lowest BCUT2D eigenvalue weighted by molar-refractivity contribution is 0.0983. The minimum atomic E-state index is 0.0910. The molecule has 0 saturated heterocycles. The molecule has 0 aliphatic carbocycles. The van der Waals surface area contributed by atoms with Gasteiger partial charge in [0.2, 0.25) is 0 Å². The van der Waals surface area contributed by atoms with Crippen LogP contribution in [0.4, 0.5) is 0 Å². The lowest BCUT2D eigenvalue weighted by Crippen LogP contribution is -2.00. The second kappa shape index (κ2) is 5.67. The van der Waals surface area contributed by atoms with E-state index >= 15 is 0 Å². The first-order valence-corrected chi connectivity index (χ1v) is 6.69. The molecule has 0 unspecified atom stereocenters. The van der Waals surface area contributed by atoms with Gasteiger partial charge in [-0.05, 0) is 40.0 Å². The number of Topliss-reactive ketones (excluding diaryl/α,β-unsaturated/α-hetero) is 1. The molecule has 2 rings (SSSR count). The monoisotopic (exact) mass is 326 g/mol. The molecule has 0 aliphatic rings. The first-order chi connectivity index (χ1) is 8.56. The zero-order chi connectivity index (χ0) is 13.1. The number of halogens is 2. The quantitative estimate of drug-likeness (QED) is 0.803. The summed E-state index contributed by atoms with van der Waals surface area (Å²) in [4.78, 5) is 12.0. The third-order valence-corrected chi connectivity index (χ3v) is 3.87. The zero-order valence-electron chi connectivity index (χ0n) is 9.86. The fourth-order valence-electron chi connectivity index (χ4n) is 1.67. The molecule has 1 aromatic carbocycles. The van der Waals surface area contributed by atoms with Crippen LogP contribution >= 0.6 is 27.5 Å². The van der Waals surface area contributed by atoms with E-state index in [9.17, 15) is 4.79 Å². The second-order valence-electron chi connectivity index (χ2n) is 4.07. The molecule has 1 heterocycles. The lowest BCUT2D eigenvalue weighted by atomic mass is 10.0. The van der Waals surface area contributed by atoms with E-state index in [1.165, 1.54) is 0 Å². The average molecular weight is 328 g/mol. The van der Waals surface area contributed by atoms with E-state index in [0.29, 0.717) is 23.4 Å². The third-order valence-electron chi connectivity index (χ3n) is 2.64. The van der Waals surface area contributed by atoms with Gasteiger partial charge >= 0.3 is 0 Å². The van der Waals surface area contributed by atoms with E-state index in [4.69, 9.17) is 11.6 Å². The number of carbonyl (C=O) groups excluding carboxylic acids is 1. The Hall–Kier alpha value is -1.13. The Morgan fingerprint density at radius 1 is 1.50 bits per heavy atom. The molecule has 0 fully saturated rings. The molecule has 2 aromatic rings. The summed E-state index contributed by atoms with van der Waals surface area (Å²) >= 11 is 9.27.